The number of carbonyl (C=O) groups excluding carboxylic acids is 1. The van der Waals surface area contributed by atoms with Crippen molar-refractivity contribution in [1.29, 1.82) is 0 Å². The van der Waals surface area contributed by atoms with E-state index in [2.05, 4.69) is 43.6 Å². The van der Waals surface area contributed by atoms with Crippen molar-refractivity contribution in [3.8, 4) is 12.3 Å². The summed E-state index contributed by atoms with van der Waals surface area (Å²) in [7, 11) is 0. The third kappa shape index (κ3) is 4.33. The second-order valence-corrected chi connectivity index (χ2v) is 7.99. The van der Waals surface area contributed by atoms with Gasteiger partial charge in [0.05, 0.1) is 5.52 Å². The van der Waals surface area contributed by atoms with Crippen molar-refractivity contribution >= 4 is 40.9 Å². The minimum atomic E-state index is -0.171. The van der Waals surface area contributed by atoms with E-state index in [0.29, 0.717) is 36.2 Å². The van der Waals surface area contributed by atoms with Gasteiger partial charge >= 0.3 is 0 Å². The number of benzene rings is 1. The third-order valence-corrected chi connectivity index (χ3v) is 5.57. The topological polar surface area (TPSA) is 98.8 Å². The van der Waals surface area contributed by atoms with Crippen molar-refractivity contribution in [3.63, 3.8) is 0 Å². The van der Waals surface area contributed by atoms with Gasteiger partial charge in [-0.25, -0.2) is 9.97 Å². The number of H-pyrrole nitrogens is 1. The standard InChI is InChI=1S/C22H23N7O.ClH/c1-3-14-4-7-17-16(10-14)20(25-19-11-18(27-28-19)15-5-6-15)26-21(24-17)22(30)29-9-8-23-13(2)12-29;/h1,4,7,10-11,13,15,23H,5-6,8-9,12H2,2H3,(H2,24,25,26,27,28);1H/t13-;/m1./s1. The summed E-state index contributed by atoms with van der Waals surface area (Å²) in [4.78, 5) is 24.0. The Morgan fingerprint density at radius 1 is 1.29 bits per heavy atom. The predicted octanol–water partition coefficient (Wildman–Crippen LogP) is 2.81. The van der Waals surface area contributed by atoms with Crippen LogP contribution in [0.2, 0.25) is 0 Å². The average Bonchev–Trinajstić information content (AvgIpc) is 3.51. The van der Waals surface area contributed by atoms with E-state index in [-0.39, 0.29) is 30.2 Å². The maximum atomic E-state index is 13.1. The highest BCUT2D eigenvalue weighted by Gasteiger charge is 2.27. The Morgan fingerprint density at radius 3 is 2.87 bits per heavy atom. The van der Waals surface area contributed by atoms with Crippen molar-refractivity contribution in [2.75, 3.05) is 25.0 Å². The molecule has 0 radical (unpaired) electrons. The highest BCUT2D eigenvalue weighted by molar-refractivity contribution is 5.97. The summed E-state index contributed by atoms with van der Waals surface area (Å²) in [5.41, 5.74) is 2.51. The molecule has 1 saturated heterocycles. The zero-order chi connectivity index (χ0) is 20.7. The highest BCUT2D eigenvalue weighted by atomic mass is 35.5. The first-order valence-corrected chi connectivity index (χ1v) is 10.2. The van der Waals surface area contributed by atoms with Gasteiger partial charge in [-0.05, 0) is 38.0 Å². The molecule has 1 aromatic carbocycles. The van der Waals surface area contributed by atoms with Crippen LogP contribution in [0, 0.1) is 12.3 Å². The molecule has 1 amide bonds. The zero-order valence-electron chi connectivity index (χ0n) is 17.2. The number of terminal acetylenes is 1. The largest absolute Gasteiger partial charge is 0.333 e. The van der Waals surface area contributed by atoms with Crippen LogP contribution in [0.1, 0.15) is 47.6 Å². The van der Waals surface area contributed by atoms with E-state index in [0.717, 1.165) is 23.2 Å². The quantitative estimate of drug-likeness (QED) is 0.543. The van der Waals surface area contributed by atoms with Crippen LogP contribution in [0.5, 0.6) is 0 Å². The summed E-state index contributed by atoms with van der Waals surface area (Å²) in [6, 6.07) is 7.74. The second-order valence-electron chi connectivity index (χ2n) is 7.99. The molecule has 2 aromatic heterocycles. The van der Waals surface area contributed by atoms with E-state index in [1.807, 2.05) is 24.3 Å². The lowest BCUT2D eigenvalue weighted by atomic mass is 10.1. The van der Waals surface area contributed by atoms with Crippen LogP contribution < -0.4 is 10.6 Å². The van der Waals surface area contributed by atoms with Gasteiger partial charge in [-0.1, -0.05) is 5.92 Å². The van der Waals surface area contributed by atoms with Gasteiger partial charge in [0.1, 0.15) is 5.82 Å². The maximum absolute atomic E-state index is 13.1. The number of carbonyl (C=O) groups is 1. The zero-order valence-corrected chi connectivity index (χ0v) is 18.0. The fourth-order valence-electron chi connectivity index (χ4n) is 3.79. The van der Waals surface area contributed by atoms with E-state index < -0.39 is 0 Å². The Hall–Kier alpha value is -3.15. The number of fused-ring (bicyclic) bond motifs is 1. The molecule has 1 aliphatic heterocycles. The van der Waals surface area contributed by atoms with Gasteiger partial charge in [-0.3, -0.25) is 9.89 Å². The fraction of sp³-hybridized carbons (Fsp3) is 0.364. The van der Waals surface area contributed by atoms with E-state index in [4.69, 9.17) is 6.42 Å². The smallest absolute Gasteiger partial charge is 0.291 e. The summed E-state index contributed by atoms with van der Waals surface area (Å²) in [6.07, 6.45) is 7.95. The predicted molar refractivity (Wildman–Crippen MR) is 122 cm³/mol. The number of aromatic nitrogens is 4. The van der Waals surface area contributed by atoms with Gasteiger partial charge in [-0.15, -0.1) is 18.8 Å². The number of nitrogens with one attached hydrogen (secondary N) is 3. The van der Waals surface area contributed by atoms with Gasteiger partial charge in [0.25, 0.3) is 5.91 Å². The summed E-state index contributed by atoms with van der Waals surface area (Å²) >= 11 is 0. The lowest BCUT2D eigenvalue weighted by Gasteiger charge is -2.31. The number of aromatic amines is 1. The number of nitrogens with zero attached hydrogens (tertiary/aromatic N) is 4. The van der Waals surface area contributed by atoms with Crippen LogP contribution in [0.15, 0.2) is 24.3 Å². The highest BCUT2D eigenvalue weighted by Crippen LogP contribution is 2.39. The van der Waals surface area contributed by atoms with Crippen molar-refractivity contribution in [2.24, 2.45) is 0 Å². The van der Waals surface area contributed by atoms with Crippen molar-refractivity contribution < 1.29 is 4.79 Å². The summed E-state index contributed by atoms with van der Waals surface area (Å²) in [6.45, 7) is 4.08. The van der Waals surface area contributed by atoms with Crippen LogP contribution in [0.3, 0.4) is 0 Å². The third-order valence-electron chi connectivity index (χ3n) is 5.57. The number of halogens is 1. The number of anilines is 2. The van der Waals surface area contributed by atoms with Gasteiger partial charge in [-0.2, -0.15) is 5.10 Å². The van der Waals surface area contributed by atoms with Gasteiger partial charge < -0.3 is 15.5 Å². The Kier molecular flexibility index (Phi) is 5.81. The van der Waals surface area contributed by atoms with Gasteiger partial charge in [0, 0.05) is 54.3 Å². The molecule has 9 heteroatoms. The van der Waals surface area contributed by atoms with E-state index in [1.54, 1.807) is 4.90 Å². The minimum Gasteiger partial charge on any atom is -0.333 e. The number of rotatable bonds is 4. The van der Waals surface area contributed by atoms with Crippen LogP contribution in [-0.4, -0.2) is 56.6 Å². The lowest BCUT2D eigenvalue weighted by molar-refractivity contribution is 0.0697. The molecule has 0 spiro atoms. The number of piperazine rings is 1. The van der Waals surface area contributed by atoms with Crippen LogP contribution in [-0.2, 0) is 0 Å². The van der Waals surface area contributed by atoms with Crippen molar-refractivity contribution in [1.82, 2.24) is 30.4 Å². The minimum absolute atomic E-state index is 0. The molecular weight excluding hydrogens is 414 g/mol. The molecule has 2 aliphatic rings. The summed E-state index contributed by atoms with van der Waals surface area (Å²) < 4.78 is 0. The molecule has 3 heterocycles. The monoisotopic (exact) mass is 437 g/mol. The molecular formula is C22H24ClN7O. The fourth-order valence-corrected chi connectivity index (χ4v) is 3.79. The molecule has 2 fully saturated rings. The molecule has 0 bridgehead atoms. The van der Waals surface area contributed by atoms with Gasteiger partial charge in [0.2, 0.25) is 5.82 Å². The first kappa shape index (κ1) is 21.1. The maximum Gasteiger partial charge on any atom is 0.291 e. The molecule has 31 heavy (non-hydrogen) atoms. The van der Waals surface area contributed by atoms with E-state index in [1.165, 1.54) is 12.8 Å². The van der Waals surface area contributed by atoms with Crippen LogP contribution >= 0.6 is 12.4 Å². The molecule has 5 rings (SSSR count). The van der Waals surface area contributed by atoms with Crippen molar-refractivity contribution in [3.05, 3.63) is 41.3 Å². The molecule has 0 unspecified atom stereocenters. The number of hydrogen-bond acceptors (Lipinski definition) is 6. The SMILES string of the molecule is C#Cc1ccc2nc(C(=O)N3CCN[C@H](C)C3)nc(Nc3cc(C4CC4)[nH]n3)c2c1.Cl. The average molecular weight is 438 g/mol. The molecule has 160 valence electrons. The van der Waals surface area contributed by atoms with E-state index in [9.17, 15) is 4.79 Å². The van der Waals surface area contributed by atoms with Gasteiger partial charge in [0.15, 0.2) is 5.82 Å². The second kappa shape index (κ2) is 8.53. The Bertz CT molecular complexity index is 1160. The Labute approximate surface area is 186 Å². The molecule has 1 atom stereocenters. The van der Waals surface area contributed by atoms with Crippen LogP contribution in [0.25, 0.3) is 10.9 Å². The number of hydrogen-bond donors (Lipinski definition) is 3. The molecule has 1 saturated carbocycles. The molecule has 1 aliphatic carbocycles. The first-order valence-electron chi connectivity index (χ1n) is 10.2. The van der Waals surface area contributed by atoms with Crippen LogP contribution in [0.4, 0.5) is 11.6 Å². The normalized spacial score (nSPS) is 18.3. The first-order chi connectivity index (χ1) is 14.6. The molecule has 8 nitrogen and oxygen atoms in total. The molecule has 3 aromatic rings. The Morgan fingerprint density at radius 2 is 2.13 bits per heavy atom. The lowest BCUT2D eigenvalue weighted by Crippen LogP contribution is -2.51. The molecule has 3 N–H and O–H groups in total. The Balaban J connectivity index is 0.00000231. The van der Waals surface area contributed by atoms with Crippen molar-refractivity contribution in [2.45, 2.75) is 31.7 Å². The summed E-state index contributed by atoms with van der Waals surface area (Å²) in [5, 5.41) is 14.8. The number of amides is 1. The van der Waals surface area contributed by atoms with E-state index >= 15 is 0 Å². The summed E-state index contributed by atoms with van der Waals surface area (Å²) in [5.74, 6) is 4.40.